The first kappa shape index (κ1) is 16.0. The van der Waals surface area contributed by atoms with Crippen molar-refractivity contribution in [3.8, 4) is 11.5 Å². The lowest BCUT2D eigenvalue weighted by atomic mass is 10.1. The zero-order valence-electron chi connectivity index (χ0n) is 13.9. The zero-order chi connectivity index (χ0) is 15.9. The normalized spacial score (nSPS) is 16.5. The van der Waals surface area contributed by atoms with Crippen LogP contribution in [0.5, 0.6) is 11.5 Å². The Hall–Kier alpha value is -1.91. The highest BCUT2D eigenvalue weighted by molar-refractivity contribution is 5.79. The third-order valence-electron chi connectivity index (χ3n) is 4.22. The van der Waals surface area contributed by atoms with Crippen LogP contribution >= 0.6 is 0 Å². The van der Waals surface area contributed by atoms with Crippen molar-refractivity contribution in [3.63, 3.8) is 0 Å². The minimum absolute atomic E-state index is 0.328. The van der Waals surface area contributed by atoms with Crippen LogP contribution in [0.4, 0.5) is 0 Å². The number of guanidine groups is 1. The molecule has 1 aliphatic heterocycles. The van der Waals surface area contributed by atoms with E-state index in [0.29, 0.717) is 6.79 Å². The summed E-state index contributed by atoms with van der Waals surface area (Å²) < 4.78 is 10.8. The lowest BCUT2D eigenvalue weighted by Crippen LogP contribution is -2.38. The molecule has 1 aliphatic carbocycles. The summed E-state index contributed by atoms with van der Waals surface area (Å²) in [5.74, 6) is 3.60. The molecule has 0 aromatic heterocycles. The predicted octanol–water partition coefficient (Wildman–Crippen LogP) is 2.70. The highest BCUT2D eigenvalue weighted by Crippen LogP contribution is 2.33. The first-order valence-electron chi connectivity index (χ1n) is 8.76. The summed E-state index contributed by atoms with van der Waals surface area (Å²) in [6, 6.07) is 6.13. The van der Waals surface area contributed by atoms with E-state index in [1.54, 1.807) is 0 Å². The van der Waals surface area contributed by atoms with Gasteiger partial charge in [-0.15, -0.1) is 0 Å². The molecule has 1 heterocycles. The molecule has 1 aromatic rings. The van der Waals surface area contributed by atoms with Crippen LogP contribution in [0.25, 0.3) is 0 Å². The van der Waals surface area contributed by atoms with Gasteiger partial charge >= 0.3 is 0 Å². The van der Waals surface area contributed by atoms with Gasteiger partial charge in [0.2, 0.25) is 6.79 Å². The second-order valence-electron chi connectivity index (χ2n) is 6.21. The van der Waals surface area contributed by atoms with Gasteiger partial charge in [0.25, 0.3) is 0 Å². The van der Waals surface area contributed by atoms with Crippen LogP contribution in [0, 0.1) is 5.92 Å². The van der Waals surface area contributed by atoms with E-state index in [-0.39, 0.29) is 0 Å². The number of aliphatic imine (C=N–C) groups is 1. The highest BCUT2D eigenvalue weighted by atomic mass is 16.7. The summed E-state index contributed by atoms with van der Waals surface area (Å²) in [6.07, 6.45) is 6.32. The van der Waals surface area contributed by atoms with E-state index in [1.165, 1.54) is 31.2 Å². The van der Waals surface area contributed by atoms with Crippen molar-refractivity contribution in [1.82, 2.24) is 10.6 Å². The lowest BCUT2D eigenvalue weighted by molar-refractivity contribution is 0.174. The molecule has 0 atom stereocenters. The van der Waals surface area contributed by atoms with Crippen molar-refractivity contribution in [2.45, 2.75) is 39.0 Å². The number of nitrogens with zero attached hydrogens (tertiary/aromatic N) is 1. The average molecular weight is 317 g/mol. The minimum atomic E-state index is 0.328. The van der Waals surface area contributed by atoms with Gasteiger partial charge in [0.1, 0.15) is 0 Å². The predicted molar refractivity (Wildman–Crippen MR) is 92.2 cm³/mol. The Morgan fingerprint density at radius 3 is 2.91 bits per heavy atom. The Balaban J connectivity index is 1.41. The van der Waals surface area contributed by atoms with Crippen molar-refractivity contribution in [1.29, 1.82) is 0 Å². The molecule has 1 saturated carbocycles. The maximum absolute atomic E-state index is 5.42. The molecular weight excluding hydrogens is 290 g/mol. The molecule has 0 unspecified atom stereocenters. The summed E-state index contributed by atoms with van der Waals surface area (Å²) in [5, 5.41) is 6.72. The second kappa shape index (κ2) is 8.09. The molecule has 5 heteroatoms. The Morgan fingerprint density at radius 2 is 2.09 bits per heavy atom. The van der Waals surface area contributed by atoms with Gasteiger partial charge in [0.15, 0.2) is 17.5 Å². The van der Waals surface area contributed by atoms with Gasteiger partial charge in [-0.2, -0.15) is 0 Å². The van der Waals surface area contributed by atoms with Gasteiger partial charge < -0.3 is 20.1 Å². The number of nitrogens with one attached hydrogen (secondary N) is 2. The second-order valence-corrected chi connectivity index (χ2v) is 6.21. The summed E-state index contributed by atoms with van der Waals surface area (Å²) in [7, 11) is 0. The van der Waals surface area contributed by atoms with Gasteiger partial charge in [0.05, 0.1) is 0 Å². The quantitative estimate of drug-likeness (QED) is 0.440. The maximum Gasteiger partial charge on any atom is 0.231 e. The largest absolute Gasteiger partial charge is 0.454 e. The number of benzene rings is 1. The third-order valence-corrected chi connectivity index (χ3v) is 4.22. The van der Waals surface area contributed by atoms with Crippen LogP contribution < -0.4 is 20.1 Å². The Bertz CT molecular complexity index is 541. The zero-order valence-corrected chi connectivity index (χ0v) is 13.9. The fourth-order valence-electron chi connectivity index (χ4n) is 2.74. The van der Waals surface area contributed by atoms with Crippen LogP contribution in [0.2, 0.25) is 0 Å². The molecule has 1 fully saturated rings. The highest BCUT2D eigenvalue weighted by Gasteiger charge is 2.19. The van der Waals surface area contributed by atoms with Gasteiger partial charge in [0, 0.05) is 19.6 Å². The first-order valence-corrected chi connectivity index (χ1v) is 8.76. The minimum Gasteiger partial charge on any atom is -0.454 e. The van der Waals surface area contributed by atoms with Crippen LogP contribution in [-0.4, -0.2) is 32.4 Å². The van der Waals surface area contributed by atoms with E-state index in [4.69, 9.17) is 9.47 Å². The molecule has 0 saturated heterocycles. The first-order chi connectivity index (χ1) is 11.3. The molecule has 0 bridgehead atoms. The number of hydrogen-bond donors (Lipinski definition) is 2. The molecule has 0 spiro atoms. The molecule has 0 amide bonds. The average Bonchev–Trinajstić information content (AvgIpc) is 3.26. The molecule has 126 valence electrons. The monoisotopic (exact) mass is 317 g/mol. The number of fused-ring (bicyclic) bond motifs is 1. The third kappa shape index (κ3) is 5.05. The fraction of sp³-hybridized carbons (Fsp3) is 0.611. The van der Waals surface area contributed by atoms with Crippen LogP contribution in [0.15, 0.2) is 23.2 Å². The molecule has 1 aromatic carbocycles. The van der Waals surface area contributed by atoms with Crippen LogP contribution in [0.1, 0.15) is 38.2 Å². The van der Waals surface area contributed by atoms with Gasteiger partial charge in [-0.05, 0) is 49.8 Å². The Morgan fingerprint density at radius 1 is 1.22 bits per heavy atom. The number of hydrogen-bond acceptors (Lipinski definition) is 3. The fourth-order valence-corrected chi connectivity index (χ4v) is 2.74. The van der Waals surface area contributed by atoms with Crippen molar-refractivity contribution in [2.75, 3.05) is 26.4 Å². The molecule has 5 nitrogen and oxygen atoms in total. The standard InChI is InChI=1S/C18H27N3O2/c1-2-19-18(20-10-3-4-14-5-6-14)21-11-9-15-7-8-16-17(12-15)23-13-22-16/h7-8,12,14H,2-6,9-11,13H2,1H3,(H2,19,20,21). The summed E-state index contributed by atoms with van der Waals surface area (Å²) >= 11 is 0. The molecule has 23 heavy (non-hydrogen) atoms. The molecule has 2 aliphatic rings. The van der Waals surface area contributed by atoms with Crippen molar-refractivity contribution in [2.24, 2.45) is 10.9 Å². The van der Waals surface area contributed by atoms with Crippen molar-refractivity contribution < 1.29 is 9.47 Å². The van der Waals surface area contributed by atoms with E-state index < -0.39 is 0 Å². The van der Waals surface area contributed by atoms with E-state index in [2.05, 4.69) is 34.7 Å². The SMILES string of the molecule is CCNC(=NCCCC1CC1)NCCc1ccc2c(c1)OCO2. The van der Waals surface area contributed by atoms with Crippen LogP contribution in [0.3, 0.4) is 0 Å². The number of rotatable bonds is 8. The maximum atomic E-state index is 5.42. The van der Waals surface area contributed by atoms with Crippen molar-refractivity contribution in [3.05, 3.63) is 23.8 Å². The summed E-state index contributed by atoms with van der Waals surface area (Å²) in [6.45, 7) is 5.08. The molecule has 0 radical (unpaired) electrons. The summed E-state index contributed by atoms with van der Waals surface area (Å²) in [4.78, 5) is 4.65. The lowest BCUT2D eigenvalue weighted by Gasteiger charge is -2.11. The van der Waals surface area contributed by atoms with E-state index in [0.717, 1.165) is 49.4 Å². The smallest absolute Gasteiger partial charge is 0.231 e. The molecule has 3 rings (SSSR count). The topological polar surface area (TPSA) is 54.9 Å². The van der Waals surface area contributed by atoms with Crippen molar-refractivity contribution >= 4 is 5.96 Å². The van der Waals surface area contributed by atoms with Gasteiger partial charge in [-0.1, -0.05) is 18.9 Å². The van der Waals surface area contributed by atoms with E-state index in [9.17, 15) is 0 Å². The van der Waals surface area contributed by atoms with Crippen LogP contribution in [-0.2, 0) is 6.42 Å². The number of ether oxygens (including phenoxy) is 2. The Kier molecular flexibility index (Phi) is 5.61. The molecule has 2 N–H and O–H groups in total. The van der Waals surface area contributed by atoms with Gasteiger partial charge in [-0.3, -0.25) is 4.99 Å². The Labute approximate surface area is 138 Å². The van der Waals surface area contributed by atoms with E-state index in [1.807, 2.05) is 6.07 Å². The van der Waals surface area contributed by atoms with E-state index >= 15 is 0 Å². The summed E-state index contributed by atoms with van der Waals surface area (Å²) in [5.41, 5.74) is 1.24. The van der Waals surface area contributed by atoms with Gasteiger partial charge in [-0.25, -0.2) is 0 Å². The molecular formula is C18H27N3O2.